The molecule has 94 valence electrons. The van der Waals surface area contributed by atoms with Crippen LogP contribution in [-0.4, -0.2) is 30.1 Å². The fourth-order valence-corrected chi connectivity index (χ4v) is 2.02. The van der Waals surface area contributed by atoms with Gasteiger partial charge in [-0.25, -0.2) is 0 Å². The molecular weight excluding hydrogens is 196 g/mol. The van der Waals surface area contributed by atoms with E-state index in [0.29, 0.717) is 12.1 Å². The Morgan fingerprint density at radius 3 is 2.12 bits per heavy atom. The van der Waals surface area contributed by atoms with Gasteiger partial charge in [-0.15, -0.1) is 13.2 Å². The summed E-state index contributed by atoms with van der Waals surface area (Å²) in [6.45, 7) is 13.8. The van der Waals surface area contributed by atoms with E-state index >= 15 is 0 Å². The normalized spacial score (nSPS) is 14.8. The Hall–Kier alpha value is -0.600. The molecule has 2 nitrogen and oxygen atoms in total. The van der Waals surface area contributed by atoms with Crippen LogP contribution < -0.4 is 5.73 Å². The van der Waals surface area contributed by atoms with E-state index in [9.17, 15) is 0 Å². The number of rotatable bonds is 10. The average molecular weight is 224 g/mol. The zero-order valence-corrected chi connectivity index (χ0v) is 11.0. The van der Waals surface area contributed by atoms with Gasteiger partial charge in [-0.1, -0.05) is 25.5 Å². The minimum Gasteiger partial charge on any atom is -0.328 e. The predicted octanol–water partition coefficient (Wildman–Crippen LogP) is 2.96. The molecule has 0 aliphatic heterocycles. The molecule has 16 heavy (non-hydrogen) atoms. The Bertz CT molecular complexity index is 177. The second-order valence-electron chi connectivity index (χ2n) is 4.50. The average Bonchev–Trinajstić information content (AvgIpc) is 2.24. The highest BCUT2D eigenvalue weighted by Gasteiger charge is 2.13. The highest BCUT2D eigenvalue weighted by atomic mass is 15.1. The topological polar surface area (TPSA) is 29.3 Å². The summed E-state index contributed by atoms with van der Waals surface area (Å²) in [5.74, 6) is 0. The van der Waals surface area contributed by atoms with Crippen molar-refractivity contribution in [3.8, 4) is 0 Å². The Balaban J connectivity index is 4.08. The molecule has 0 saturated carbocycles. The van der Waals surface area contributed by atoms with Crippen LogP contribution in [0.4, 0.5) is 0 Å². The Kier molecular flexibility index (Phi) is 9.25. The number of hydrogen-bond acceptors (Lipinski definition) is 2. The van der Waals surface area contributed by atoms with Gasteiger partial charge in [0.05, 0.1) is 0 Å². The first-order valence-electron chi connectivity index (χ1n) is 6.37. The van der Waals surface area contributed by atoms with Crippen LogP contribution in [0.2, 0.25) is 0 Å². The van der Waals surface area contributed by atoms with E-state index in [0.717, 1.165) is 19.5 Å². The van der Waals surface area contributed by atoms with E-state index in [1.165, 1.54) is 19.3 Å². The molecule has 0 heterocycles. The molecule has 0 aromatic heterocycles. The highest BCUT2D eigenvalue weighted by Crippen LogP contribution is 2.13. The largest absolute Gasteiger partial charge is 0.328 e. The minimum absolute atomic E-state index is 0.324. The summed E-state index contributed by atoms with van der Waals surface area (Å²) >= 11 is 0. The fourth-order valence-electron chi connectivity index (χ4n) is 2.02. The first-order chi connectivity index (χ1) is 7.65. The van der Waals surface area contributed by atoms with Crippen LogP contribution in [0.15, 0.2) is 25.3 Å². The third kappa shape index (κ3) is 6.81. The van der Waals surface area contributed by atoms with Gasteiger partial charge in [0.15, 0.2) is 0 Å². The predicted molar refractivity (Wildman–Crippen MR) is 73.5 cm³/mol. The molecule has 0 aromatic carbocycles. The lowest BCUT2D eigenvalue weighted by Crippen LogP contribution is -2.35. The van der Waals surface area contributed by atoms with Gasteiger partial charge in [-0.2, -0.15) is 0 Å². The molecule has 0 saturated heterocycles. The summed E-state index contributed by atoms with van der Waals surface area (Å²) in [7, 11) is 0. The number of hydrogen-bond donors (Lipinski definition) is 1. The third-order valence-electron chi connectivity index (χ3n) is 2.91. The molecule has 0 spiro atoms. The zero-order chi connectivity index (χ0) is 12.4. The van der Waals surface area contributed by atoms with Gasteiger partial charge in [0, 0.05) is 25.2 Å². The molecule has 0 fully saturated rings. The summed E-state index contributed by atoms with van der Waals surface area (Å²) in [6, 6.07) is 0.958. The van der Waals surface area contributed by atoms with E-state index < -0.39 is 0 Å². The van der Waals surface area contributed by atoms with Crippen LogP contribution >= 0.6 is 0 Å². The Morgan fingerprint density at radius 2 is 1.75 bits per heavy atom. The van der Waals surface area contributed by atoms with E-state index in [1.807, 2.05) is 12.2 Å². The van der Waals surface area contributed by atoms with Crippen LogP contribution in [-0.2, 0) is 0 Å². The first kappa shape index (κ1) is 15.4. The second-order valence-corrected chi connectivity index (χ2v) is 4.50. The number of nitrogens with two attached hydrogens (primary N) is 1. The van der Waals surface area contributed by atoms with Gasteiger partial charge >= 0.3 is 0 Å². The zero-order valence-electron chi connectivity index (χ0n) is 11.0. The molecule has 2 atom stereocenters. The van der Waals surface area contributed by atoms with E-state index in [4.69, 9.17) is 5.73 Å². The lowest BCUT2D eigenvalue weighted by molar-refractivity contribution is 0.217. The molecule has 0 radical (unpaired) electrons. The molecule has 2 heteroatoms. The first-order valence-corrected chi connectivity index (χ1v) is 6.37. The summed E-state index contributed by atoms with van der Waals surface area (Å²) in [5, 5.41) is 0. The molecule has 0 rings (SSSR count). The van der Waals surface area contributed by atoms with E-state index in [-0.39, 0.29) is 0 Å². The maximum atomic E-state index is 5.77. The standard InChI is InChI=1S/C14H28N2/c1-5-11-16(12-6-2)14(7-3)10-8-9-13(4)15/h5-6,13-14H,1-2,7-12,15H2,3-4H3. The van der Waals surface area contributed by atoms with Gasteiger partial charge in [-0.3, -0.25) is 4.90 Å². The van der Waals surface area contributed by atoms with Crippen molar-refractivity contribution in [1.82, 2.24) is 4.90 Å². The van der Waals surface area contributed by atoms with Crippen molar-refractivity contribution in [3.63, 3.8) is 0 Å². The summed E-state index contributed by atoms with van der Waals surface area (Å²) in [4.78, 5) is 2.43. The van der Waals surface area contributed by atoms with Crippen molar-refractivity contribution in [2.45, 2.75) is 51.6 Å². The molecule has 0 bridgehead atoms. The summed E-state index contributed by atoms with van der Waals surface area (Å²) < 4.78 is 0. The molecule has 0 aliphatic carbocycles. The van der Waals surface area contributed by atoms with Gasteiger partial charge in [-0.05, 0) is 26.2 Å². The Morgan fingerprint density at radius 1 is 1.19 bits per heavy atom. The van der Waals surface area contributed by atoms with Crippen molar-refractivity contribution < 1.29 is 0 Å². The second kappa shape index (κ2) is 9.61. The quantitative estimate of drug-likeness (QED) is 0.578. The highest BCUT2D eigenvalue weighted by molar-refractivity contribution is 4.84. The van der Waals surface area contributed by atoms with E-state index in [2.05, 4.69) is 31.9 Å². The SMILES string of the molecule is C=CCN(CC=C)C(CC)CCCC(C)N. The lowest BCUT2D eigenvalue weighted by atomic mass is 10.0. The van der Waals surface area contributed by atoms with Crippen molar-refractivity contribution in [2.75, 3.05) is 13.1 Å². The monoisotopic (exact) mass is 224 g/mol. The molecule has 2 N–H and O–H groups in total. The third-order valence-corrected chi connectivity index (χ3v) is 2.91. The smallest absolute Gasteiger partial charge is 0.0166 e. The maximum absolute atomic E-state index is 5.77. The lowest BCUT2D eigenvalue weighted by Gasteiger charge is -2.29. The van der Waals surface area contributed by atoms with Crippen molar-refractivity contribution in [1.29, 1.82) is 0 Å². The van der Waals surface area contributed by atoms with Crippen molar-refractivity contribution >= 4 is 0 Å². The number of nitrogens with zero attached hydrogens (tertiary/aromatic N) is 1. The molecular formula is C14H28N2. The molecule has 0 aromatic rings. The molecule has 2 unspecified atom stereocenters. The van der Waals surface area contributed by atoms with Crippen molar-refractivity contribution in [3.05, 3.63) is 25.3 Å². The van der Waals surface area contributed by atoms with Crippen LogP contribution in [0, 0.1) is 0 Å². The van der Waals surface area contributed by atoms with Gasteiger partial charge in [0.1, 0.15) is 0 Å². The van der Waals surface area contributed by atoms with Gasteiger partial charge in [0.2, 0.25) is 0 Å². The van der Waals surface area contributed by atoms with E-state index in [1.54, 1.807) is 0 Å². The minimum atomic E-state index is 0.324. The van der Waals surface area contributed by atoms with Crippen LogP contribution in [0.3, 0.4) is 0 Å². The van der Waals surface area contributed by atoms with Crippen LogP contribution in [0.5, 0.6) is 0 Å². The fraction of sp³-hybridized carbons (Fsp3) is 0.714. The van der Waals surface area contributed by atoms with Gasteiger partial charge < -0.3 is 5.73 Å². The van der Waals surface area contributed by atoms with Crippen LogP contribution in [0.25, 0.3) is 0 Å². The summed E-state index contributed by atoms with van der Waals surface area (Å²) in [5.41, 5.74) is 5.77. The molecule has 0 aliphatic rings. The van der Waals surface area contributed by atoms with Crippen LogP contribution in [0.1, 0.15) is 39.5 Å². The molecule has 0 amide bonds. The maximum Gasteiger partial charge on any atom is 0.0166 e. The van der Waals surface area contributed by atoms with Gasteiger partial charge in [0.25, 0.3) is 0 Å². The summed E-state index contributed by atoms with van der Waals surface area (Å²) in [6.07, 6.45) is 8.67. The Labute approximate surface area is 101 Å². The van der Waals surface area contributed by atoms with Crippen molar-refractivity contribution in [2.24, 2.45) is 5.73 Å².